The summed E-state index contributed by atoms with van der Waals surface area (Å²) in [5.74, 6) is 0.718. The van der Waals surface area contributed by atoms with Crippen LogP contribution in [-0.2, 0) is 18.3 Å². The van der Waals surface area contributed by atoms with Crippen molar-refractivity contribution in [1.29, 1.82) is 0 Å². The number of ether oxygens (including phenoxy) is 1. The van der Waals surface area contributed by atoms with Crippen molar-refractivity contribution in [1.82, 2.24) is 9.88 Å². The van der Waals surface area contributed by atoms with Gasteiger partial charge in [0.05, 0.1) is 22.2 Å². The lowest BCUT2D eigenvalue weighted by atomic mass is 9.48. The SMILES string of the molecule is Cc1c2c(nc3ccccc13)[C@@H]1Oc3c(O)ccc4c3[C@@]13CCN(C)[C@@H](C4)[C@]3(O)C2. The highest BCUT2D eigenvalue weighted by Gasteiger charge is 2.72. The molecule has 7 rings (SSSR count). The number of para-hydroxylation sites is 1. The molecule has 2 aliphatic heterocycles. The number of aryl methyl sites for hydroxylation is 1. The van der Waals surface area contributed by atoms with Gasteiger partial charge >= 0.3 is 0 Å². The zero-order valence-electron chi connectivity index (χ0n) is 17.1. The molecule has 0 amide bonds. The van der Waals surface area contributed by atoms with Crippen LogP contribution in [0.3, 0.4) is 0 Å². The number of aromatic nitrogens is 1. The van der Waals surface area contributed by atoms with Crippen molar-refractivity contribution in [2.24, 2.45) is 0 Å². The molecule has 1 fully saturated rings. The summed E-state index contributed by atoms with van der Waals surface area (Å²) in [4.78, 5) is 7.39. The molecular formula is C25H24N2O3. The van der Waals surface area contributed by atoms with E-state index < -0.39 is 11.0 Å². The van der Waals surface area contributed by atoms with E-state index in [1.54, 1.807) is 6.07 Å². The summed E-state index contributed by atoms with van der Waals surface area (Å²) in [5, 5.41) is 24.3. The van der Waals surface area contributed by atoms with E-state index in [1.165, 1.54) is 11.1 Å². The third kappa shape index (κ3) is 1.66. The Balaban J connectivity index is 1.61. The molecule has 0 unspecified atom stereocenters. The van der Waals surface area contributed by atoms with Gasteiger partial charge in [-0.25, -0.2) is 4.98 Å². The fraction of sp³-hybridized carbons (Fsp3) is 0.400. The van der Waals surface area contributed by atoms with E-state index in [0.717, 1.165) is 47.1 Å². The molecule has 152 valence electrons. The zero-order chi connectivity index (χ0) is 20.4. The lowest BCUT2D eigenvalue weighted by Crippen LogP contribution is -2.74. The van der Waals surface area contributed by atoms with Crippen LogP contribution in [0.4, 0.5) is 0 Å². The van der Waals surface area contributed by atoms with E-state index in [9.17, 15) is 10.2 Å². The molecule has 3 aromatic rings. The minimum absolute atomic E-state index is 0.0133. The molecule has 0 radical (unpaired) electrons. The molecular weight excluding hydrogens is 376 g/mol. The van der Waals surface area contributed by atoms with Crippen LogP contribution in [0.5, 0.6) is 11.5 Å². The van der Waals surface area contributed by atoms with E-state index in [4.69, 9.17) is 9.72 Å². The number of aromatic hydroxyl groups is 1. The molecule has 0 saturated carbocycles. The fourth-order valence-corrected chi connectivity index (χ4v) is 7.07. The molecule has 4 aliphatic rings. The molecule has 1 aromatic heterocycles. The molecule has 2 aliphatic carbocycles. The summed E-state index contributed by atoms with van der Waals surface area (Å²) in [7, 11) is 2.12. The quantitative estimate of drug-likeness (QED) is 0.607. The Morgan fingerprint density at radius 2 is 2.03 bits per heavy atom. The fourth-order valence-electron chi connectivity index (χ4n) is 7.07. The van der Waals surface area contributed by atoms with Gasteiger partial charge in [0.1, 0.15) is 0 Å². The molecule has 2 N–H and O–H groups in total. The zero-order valence-corrected chi connectivity index (χ0v) is 17.1. The Bertz CT molecular complexity index is 1270. The van der Waals surface area contributed by atoms with Gasteiger partial charge in [0.25, 0.3) is 0 Å². The van der Waals surface area contributed by atoms with Crippen LogP contribution in [0.25, 0.3) is 10.9 Å². The Kier molecular flexibility index (Phi) is 2.94. The topological polar surface area (TPSA) is 65.8 Å². The number of hydrogen-bond acceptors (Lipinski definition) is 5. The Morgan fingerprint density at radius 1 is 1.20 bits per heavy atom. The third-order valence-electron chi connectivity index (χ3n) is 8.49. The number of likely N-dealkylation sites (N-methyl/N-ethyl adjacent to an activating group) is 1. The maximum atomic E-state index is 12.5. The highest BCUT2D eigenvalue weighted by molar-refractivity contribution is 5.84. The van der Waals surface area contributed by atoms with E-state index in [2.05, 4.69) is 24.9 Å². The second-order valence-electron chi connectivity index (χ2n) is 9.59. The summed E-state index contributed by atoms with van der Waals surface area (Å²) >= 11 is 0. The van der Waals surface area contributed by atoms with Crippen molar-refractivity contribution in [2.75, 3.05) is 13.6 Å². The van der Waals surface area contributed by atoms with Crippen LogP contribution in [0, 0.1) is 6.92 Å². The number of likely N-dealkylation sites (tertiary alicyclic amines) is 1. The summed E-state index contributed by atoms with van der Waals surface area (Å²) in [6.07, 6.45) is 1.74. The van der Waals surface area contributed by atoms with E-state index >= 15 is 0 Å². The third-order valence-corrected chi connectivity index (χ3v) is 8.49. The molecule has 30 heavy (non-hydrogen) atoms. The maximum absolute atomic E-state index is 12.5. The second kappa shape index (κ2) is 5.16. The molecule has 1 spiro atoms. The summed E-state index contributed by atoms with van der Waals surface area (Å²) in [5.41, 5.74) is 4.86. The number of nitrogens with zero attached hydrogens (tertiary/aromatic N) is 2. The molecule has 2 aromatic carbocycles. The average molecular weight is 400 g/mol. The number of aliphatic hydroxyl groups is 1. The number of piperidine rings is 1. The normalized spacial score (nSPS) is 33.2. The van der Waals surface area contributed by atoms with E-state index in [1.807, 2.05) is 24.3 Å². The first kappa shape index (κ1) is 17.1. The number of pyridine rings is 1. The average Bonchev–Trinajstić information content (AvgIpc) is 3.09. The lowest BCUT2D eigenvalue weighted by Gasteiger charge is -2.62. The molecule has 5 heteroatoms. The predicted octanol–water partition coefficient (Wildman–Crippen LogP) is 3.17. The largest absolute Gasteiger partial charge is 0.504 e. The second-order valence-corrected chi connectivity index (χ2v) is 9.59. The van der Waals surface area contributed by atoms with Crippen molar-refractivity contribution in [3.05, 3.63) is 64.3 Å². The molecule has 4 atom stereocenters. The minimum atomic E-state index is -0.960. The van der Waals surface area contributed by atoms with Gasteiger partial charge in [-0.05, 0) is 62.2 Å². The Hall–Kier alpha value is -2.63. The molecule has 2 bridgehead atoms. The Morgan fingerprint density at radius 3 is 2.90 bits per heavy atom. The van der Waals surface area contributed by atoms with Crippen molar-refractivity contribution < 1.29 is 14.9 Å². The van der Waals surface area contributed by atoms with Crippen LogP contribution >= 0.6 is 0 Å². The van der Waals surface area contributed by atoms with Gasteiger partial charge in [-0.3, -0.25) is 0 Å². The van der Waals surface area contributed by atoms with Crippen molar-refractivity contribution in [3.8, 4) is 11.5 Å². The summed E-state index contributed by atoms with van der Waals surface area (Å²) in [6.45, 7) is 3.03. The van der Waals surface area contributed by atoms with Crippen molar-refractivity contribution >= 4 is 10.9 Å². The minimum Gasteiger partial charge on any atom is -0.504 e. The first-order valence-electron chi connectivity index (χ1n) is 10.8. The molecule has 1 saturated heterocycles. The standard InChI is InChI=1S/C25H24N2O3/c1-13-15-5-3-4-6-17(15)26-21-16(13)12-25(29)19-11-14-7-8-18(28)22-20(14)24(25,23(21)30-22)9-10-27(19)2/h3-8,19,23,28-29H,9-12H2,1-2H3/t19-,23-,24-,25+/m0/s1. The van der Waals surface area contributed by atoms with E-state index in [0.29, 0.717) is 12.2 Å². The molecule has 5 nitrogen and oxygen atoms in total. The monoisotopic (exact) mass is 400 g/mol. The van der Waals surface area contributed by atoms with Crippen molar-refractivity contribution in [3.63, 3.8) is 0 Å². The van der Waals surface area contributed by atoms with Crippen LogP contribution in [0.15, 0.2) is 36.4 Å². The van der Waals surface area contributed by atoms with Crippen molar-refractivity contribution in [2.45, 2.75) is 49.3 Å². The number of benzene rings is 2. The Labute approximate surface area is 174 Å². The number of fused-ring (bicyclic) bond motifs is 3. The van der Waals surface area contributed by atoms with E-state index in [-0.39, 0.29) is 17.9 Å². The highest BCUT2D eigenvalue weighted by atomic mass is 16.5. The number of phenols is 1. The predicted molar refractivity (Wildman–Crippen MR) is 113 cm³/mol. The molecule has 3 heterocycles. The van der Waals surface area contributed by atoms with Crippen LogP contribution in [0.2, 0.25) is 0 Å². The first-order valence-corrected chi connectivity index (χ1v) is 10.8. The number of hydrogen-bond donors (Lipinski definition) is 2. The van der Waals surface area contributed by atoms with Gasteiger partial charge in [-0.1, -0.05) is 24.3 Å². The first-order chi connectivity index (χ1) is 14.5. The van der Waals surface area contributed by atoms with Crippen LogP contribution in [0.1, 0.15) is 40.5 Å². The van der Waals surface area contributed by atoms with Gasteiger partial charge < -0.3 is 19.8 Å². The van der Waals surface area contributed by atoms with Gasteiger partial charge in [-0.2, -0.15) is 0 Å². The summed E-state index contributed by atoms with van der Waals surface area (Å²) < 4.78 is 6.55. The van der Waals surface area contributed by atoms with Crippen LogP contribution < -0.4 is 4.74 Å². The van der Waals surface area contributed by atoms with Gasteiger partial charge in [0, 0.05) is 23.4 Å². The number of phenolic OH excluding ortho intramolecular Hbond substituents is 1. The van der Waals surface area contributed by atoms with Gasteiger partial charge in [0.2, 0.25) is 0 Å². The maximum Gasteiger partial charge on any atom is 0.166 e. The van der Waals surface area contributed by atoms with Crippen LogP contribution in [-0.4, -0.2) is 45.3 Å². The lowest BCUT2D eigenvalue weighted by molar-refractivity contribution is -0.168. The smallest absolute Gasteiger partial charge is 0.166 e. The van der Waals surface area contributed by atoms with Gasteiger partial charge in [0.15, 0.2) is 17.6 Å². The van der Waals surface area contributed by atoms with Gasteiger partial charge in [-0.15, -0.1) is 0 Å². The highest BCUT2D eigenvalue weighted by Crippen LogP contribution is 2.68. The summed E-state index contributed by atoms with van der Waals surface area (Å²) in [6, 6.07) is 12.0. The number of rotatable bonds is 0.